The second-order valence-corrected chi connectivity index (χ2v) is 6.52. The Morgan fingerprint density at radius 3 is 2.35 bits per heavy atom. The number of piperazine rings is 1. The van der Waals surface area contributed by atoms with E-state index in [-0.39, 0.29) is 0 Å². The van der Waals surface area contributed by atoms with Gasteiger partial charge in [0, 0.05) is 36.1 Å². The zero-order valence-electron chi connectivity index (χ0n) is 11.4. The number of aromatic nitrogens is 1. The Balaban J connectivity index is 2.14. The van der Waals surface area contributed by atoms with Crippen molar-refractivity contribution in [1.29, 1.82) is 0 Å². The molecular weight excluding hydrogens is 230 g/mol. The van der Waals surface area contributed by atoms with Crippen molar-refractivity contribution in [3.63, 3.8) is 0 Å². The molecule has 0 amide bonds. The monoisotopic (exact) mass is 253 g/mol. The molecule has 0 saturated carbocycles. The quantitative estimate of drug-likeness (QED) is 0.878. The maximum atomic E-state index is 4.54. The standard InChI is InChI=1S/C13H23N3S/c1-8-6-16(7-9(2)14-8)11(4)13-10(3)15-12(5)17-13/h8-9,11,14H,6-7H2,1-5H3. The number of nitrogens with one attached hydrogen (secondary N) is 1. The summed E-state index contributed by atoms with van der Waals surface area (Å²) in [7, 11) is 0. The van der Waals surface area contributed by atoms with E-state index in [0.29, 0.717) is 18.1 Å². The third-order valence-corrected chi connectivity index (χ3v) is 4.70. The average Bonchev–Trinajstić information content (AvgIpc) is 2.55. The lowest BCUT2D eigenvalue weighted by Crippen LogP contribution is -2.54. The second-order valence-electron chi connectivity index (χ2n) is 5.28. The minimum absolute atomic E-state index is 0.494. The van der Waals surface area contributed by atoms with Crippen LogP contribution < -0.4 is 5.32 Å². The van der Waals surface area contributed by atoms with Gasteiger partial charge in [0.25, 0.3) is 0 Å². The predicted octanol–water partition coefficient (Wildman–Crippen LogP) is 2.50. The topological polar surface area (TPSA) is 28.2 Å². The smallest absolute Gasteiger partial charge is 0.0900 e. The highest BCUT2D eigenvalue weighted by Crippen LogP contribution is 2.29. The first-order valence-electron chi connectivity index (χ1n) is 6.41. The number of hydrogen-bond donors (Lipinski definition) is 1. The van der Waals surface area contributed by atoms with Crippen LogP contribution in [-0.2, 0) is 0 Å². The van der Waals surface area contributed by atoms with Gasteiger partial charge < -0.3 is 5.32 Å². The van der Waals surface area contributed by atoms with E-state index < -0.39 is 0 Å². The van der Waals surface area contributed by atoms with E-state index in [1.54, 1.807) is 0 Å². The third-order valence-electron chi connectivity index (χ3n) is 3.45. The molecule has 1 aliphatic heterocycles. The maximum Gasteiger partial charge on any atom is 0.0900 e. The minimum atomic E-state index is 0.494. The highest BCUT2D eigenvalue weighted by molar-refractivity contribution is 7.11. The highest BCUT2D eigenvalue weighted by atomic mass is 32.1. The van der Waals surface area contributed by atoms with Crippen LogP contribution in [-0.4, -0.2) is 35.1 Å². The Labute approximate surface area is 108 Å². The Morgan fingerprint density at radius 2 is 1.88 bits per heavy atom. The second kappa shape index (κ2) is 5.04. The van der Waals surface area contributed by atoms with Gasteiger partial charge in [-0.2, -0.15) is 0 Å². The van der Waals surface area contributed by atoms with Gasteiger partial charge in [-0.3, -0.25) is 4.90 Å². The molecule has 0 radical (unpaired) electrons. The molecule has 2 heterocycles. The highest BCUT2D eigenvalue weighted by Gasteiger charge is 2.27. The van der Waals surface area contributed by atoms with Crippen LogP contribution in [0.3, 0.4) is 0 Å². The van der Waals surface area contributed by atoms with E-state index in [1.807, 2.05) is 11.3 Å². The third kappa shape index (κ3) is 2.87. The normalized spacial score (nSPS) is 28.3. The lowest BCUT2D eigenvalue weighted by molar-refractivity contribution is 0.132. The molecule has 1 fully saturated rings. The predicted molar refractivity (Wildman–Crippen MR) is 73.6 cm³/mol. The van der Waals surface area contributed by atoms with Crippen LogP contribution in [0.25, 0.3) is 0 Å². The fourth-order valence-corrected chi connectivity index (χ4v) is 3.80. The molecule has 2 rings (SSSR count). The van der Waals surface area contributed by atoms with Crippen molar-refractivity contribution in [2.24, 2.45) is 0 Å². The largest absolute Gasteiger partial charge is 0.309 e. The number of rotatable bonds is 2. The molecule has 0 spiro atoms. The molecule has 0 bridgehead atoms. The van der Waals surface area contributed by atoms with Gasteiger partial charge in [0.1, 0.15) is 0 Å². The van der Waals surface area contributed by atoms with Crippen LogP contribution in [0.1, 0.15) is 42.4 Å². The molecule has 3 unspecified atom stereocenters. The lowest BCUT2D eigenvalue weighted by atomic mass is 10.1. The van der Waals surface area contributed by atoms with E-state index in [2.05, 4.69) is 49.8 Å². The Bertz CT molecular complexity index is 378. The van der Waals surface area contributed by atoms with Crippen molar-refractivity contribution >= 4 is 11.3 Å². The first kappa shape index (κ1) is 13.0. The van der Waals surface area contributed by atoms with Crippen LogP contribution in [0, 0.1) is 13.8 Å². The molecule has 1 aromatic rings. The average molecular weight is 253 g/mol. The molecule has 3 atom stereocenters. The Hall–Kier alpha value is -0.450. The molecule has 4 heteroatoms. The van der Waals surface area contributed by atoms with Crippen molar-refractivity contribution in [3.05, 3.63) is 15.6 Å². The summed E-state index contributed by atoms with van der Waals surface area (Å²) in [6.45, 7) is 13.3. The van der Waals surface area contributed by atoms with Crippen LogP contribution in [0.5, 0.6) is 0 Å². The summed E-state index contributed by atoms with van der Waals surface area (Å²) in [6.07, 6.45) is 0. The minimum Gasteiger partial charge on any atom is -0.309 e. The molecule has 1 N–H and O–H groups in total. The first-order valence-corrected chi connectivity index (χ1v) is 7.23. The zero-order valence-corrected chi connectivity index (χ0v) is 12.3. The molecule has 0 aliphatic carbocycles. The molecule has 1 aliphatic rings. The van der Waals surface area contributed by atoms with Crippen molar-refractivity contribution in [2.75, 3.05) is 13.1 Å². The summed E-state index contributed by atoms with van der Waals surface area (Å²) >= 11 is 1.85. The summed E-state index contributed by atoms with van der Waals surface area (Å²) in [6, 6.07) is 1.65. The lowest BCUT2D eigenvalue weighted by Gasteiger charge is -2.39. The van der Waals surface area contributed by atoms with Gasteiger partial charge in [0.05, 0.1) is 10.7 Å². The Kier molecular flexibility index (Phi) is 3.85. The summed E-state index contributed by atoms with van der Waals surface area (Å²) in [5.41, 5.74) is 1.21. The van der Waals surface area contributed by atoms with Gasteiger partial charge in [0.2, 0.25) is 0 Å². The van der Waals surface area contributed by atoms with Crippen LogP contribution in [0.4, 0.5) is 0 Å². The number of hydrogen-bond acceptors (Lipinski definition) is 4. The van der Waals surface area contributed by atoms with E-state index in [1.165, 1.54) is 15.6 Å². The zero-order chi connectivity index (χ0) is 12.6. The fraction of sp³-hybridized carbons (Fsp3) is 0.769. The summed E-state index contributed by atoms with van der Waals surface area (Å²) in [4.78, 5) is 8.55. The molecule has 1 aromatic heterocycles. The van der Waals surface area contributed by atoms with Gasteiger partial charge in [-0.25, -0.2) is 4.98 Å². The molecular formula is C13H23N3S. The number of aryl methyl sites for hydroxylation is 2. The van der Waals surface area contributed by atoms with Crippen LogP contribution >= 0.6 is 11.3 Å². The molecule has 17 heavy (non-hydrogen) atoms. The van der Waals surface area contributed by atoms with Crippen molar-refractivity contribution < 1.29 is 0 Å². The summed E-state index contributed by atoms with van der Waals surface area (Å²) in [5.74, 6) is 0. The maximum absolute atomic E-state index is 4.54. The van der Waals surface area contributed by atoms with Gasteiger partial charge in [-0.15, -0.1) is 11.3 Å². The molecule has 1 saturated heterocycles. The first-order chi connectivity index (χ1) is 7.97. The van der Waals surface area contributed by atoms with Crippen molar-refractivity contribution in [1.82, 2.24) is 15.2 Å². The Morgan fingerprint density at radius 1 is 1.29 bits per heavy atom. The molecule has 0 aromatic carbocycles. The molecule has 3 nitrogen and oxygen atoms in total. The van der Waals surface area contributed by atoms with Crippen molar-refractivity contribution in [3.8, 4) is 0 Å². The van der Waals surface area contributed by atoms with Gasteiger partial charge >= 0.3 is 0 Å². The van der Waals surface area contributed by atoms with E-state index in [4.69, 9.17) is 0 Å². The van der Waals surface area contributed by atoms with Crippen LogP contribution in [0.2, 0.25) is 0 Å². The number of thiazole rings is 1. The van der Waals surface area contributed by atoms with E-state index >= 15 is 0 Å². The SMILES string of the molecule is Cc1nc(C)c(C(C)N2CC(C)NC(C)C2)s1. The summed E-state index contributed by atoms with van der Waals surface area (Å²) < 4.78 is 0. The molecule has 96 valence electrons. The van der Waals surface area contributed by atoms with Gasteiger partial charge in [-0.05, 0) is 34.6 Å². The van der Waals surface area contributed by atoms with E-state index in [0.717, 1.165) is 13.1 Å². The summed E-state index contributed by atoms with van der Waals surface area (Å²) in [5, 5.41) is 4.76. The van der Waals surface area contributed by atoms with E-state index in [9.17, 15) is 0 Å². The van der Waals surface area contributed by atoms with Crippen LogP contribution in [0.15, 0.2) is 0 Å². The van der Waals surface area contributed by atoms with Gasteiger partial charge in [0.15, 0.2) is 0 Å². The fourth-order valence-electron chi connectivity index (χ4n) is 2.79. The van der Waals surface area contributed by atoms with Gasteiger partial charge in [-0.1, -0.05) is 0 Å². The number of nitrogens with zero attached hydrogens (tertiary/aromatic N) is 2. The van der Waals surface area contributed by atoms with Crippen molar-refractivity contribution in [2.45, 2.75) is 52.7 Å².